The summed E-state index contributed by atoms with van der Waals surface area (Å²) in [4.78, 5) is 2.36. The molecule has 0 bridgehead atoms. The van der Waals surface area contributed by atoms with Gasteiger partial charge in [-0.2, -0.15) is 0 Å². The largest absolute Gasteiger partial charge is 0.303 e. The molecule has 182 valence electrons. The Labute approximate surface area is 218 Å². The van der Waals surface area contributed by atoms with Crippen LogP contribution in [0.1, 0.15) is 52.6 Å². The maximum atomic E-state index is 12.5. The van der Waals surface area contributed by atoms with E-state index in [4.69, 9.17) is 23.2 Å². The third kappa shape index (κ3) is 5.35. The van der Waals surface area contributed by atoms with Gasteiger partial charge in [-0.3, -0.25) is 4.39 Å². The minimum absolute atomic E-state index is 0.218. The highest BCUT2D eigenvalue weighted by atomic mass is 35.5. The first kappa shape index (κ1) is 24.6. The highest BCUT2D eigenvalue weighted by Crippen LogP contribution is 2.42. The molecule has 1 nitrogen and oxygen atoms in total. The average molecular weight is 509 g/mol. The zero-order chi connectivity index (χ0) is 24.4. The topological polar surface area (TPSA) is 3.24 Å². The van der Waals surface area contributed by atoms with Gasteiger partial charge >= 0.3 is 0 Å². The van der Waals surface area contributed by atoms with Crippen molar-refractivity contribution in [3.05, 3.63) is 104 Å². The summed E-state index contributed by atoms with van der Waals surface area (Å²) in [5.74, 6) is 0.667. The molecule has 1 fully saturated rings. The third-order valence-electron chi connectivity index (χ3n) is 7.50. The van der Waals surface area contributed by atoms with E-state index >= 15 is 0 Å². The van der Waals surface area contributed by atoms with E-state index in [1.165, 1.54) is 39.0 Å². The van der Waals surface area contributed by atoms with Gasteiger partial charge in [-0.25, -0.2) is 0 Å². The first-order valence-corrected chi connectivity index (χ1v) is 13.4. The number of aryl methyl sites for hydroxylation is 2. The van der Waals surface area contributed by atoms with Crippen LogP contribution in [0.25, 0.3) is 11.1 Å². The molecule has 4 heteroatoms. The monoisotopic (exact) mass is 507 g/mol. The molecule has 0 saturated carbocycles. The molecule has 3 aromatic rings. The molecule has 35 heavy (non-hydrogen) atoms. The van der Waals surface area contributed by atoms with Crippen LogP contribution in [0.15, 0.2) is 60.7 Å². The van der Waals surface area contributed by atoms with Crippen LogP contribution in [-0.2, 0) is 12.8 Å². The number of halogens is 3. The van der Waals surface area contributed by atoms with Gasteiger partial charge in [0.25, 0.3) is 0 Å². The van der Waals surface area contributed by atoms with Crippen LogP contribution in [0.2, 0.25) is 10.0 Å². The van der Waals surface area contributed by atoms with Crippen LogP contribution < -0.4 is 0 Å². The van der Waals surface area contributed by atoms with Gasteiger partial charge in [0.2, 0.25) is 0 Å². The van der Waals surface area contributed by atoms with Crippen molar-refractivity contribution >= 4 is 34.3 Å². The number of likely N-dealkylation sites (tertiary alicyclic amines) is 1. The fraction of sp³-hybridized carbons (Fsp3) is 0.355. The van der Waals surface area contributed by atoms with E-state index in [2.05, 4.69) is 60.4 Å². The lowest BCUT2D eigenvalue weighted by molar-refractivity contribution is 0.0967. The Morgan fingerprint density at radius 1 is 0.943 bits per heavy atom. The number of hydrogen-bond donors (Lipinski definition) is 0. The summed E-state index contributed by atoms with van der Waals surface area (Å²) >= 11 is 13.0. The predicted octanol–water partition coefficient (Wildman–Crippen LogP) is 8.43. The Morgan fingerprint density at radius 2 is 1.77 bits per heavy atom. The van der Waals surface area contributed by atoms with E-state index < -0.39 is 0 Å². The molecule has 0 spiro atoms. The van der Waals surface area contributed by atoms with Gasteiger partial charge < -0.3 is 4.90 Å². The molecule has 0 N–H and O–H groups in total. The van der Waals surface area contributed by atoms with E-state index in [0.29, 0.717) is 22.4 Å². The van der Waals surface area contributed by atoms with Crippen LogP contribution in [0.3, 0.4) is 0 Å². The lowest BCUT2D eigenvalue weighted by atomic mass is 9.85. The van der Waals surface area contributed by atoms with Crippen LogP contribution in [0.5, 0.6) is 0 Å². The molecule has 0 amide bonds. The number of rotatable bonds is 7. The van der Waals surface area contributed by atoms with E-state index in [-0.39, 0.29) is 6.67 Å². The zero-order valence-electron chi connectivity index (χ0n) is 20.3. The van der Waals surface area contributed by atoms with Crippen molar-refractivity contribution in [1.82, 2.24) is 4.90 Å². The lowest BCUT2D eigenvalue weighted by Crippen LogP contribution is -2.47. The number of hydrogen-bond acceptors (Lipinski definition) is 1. The summed E-state index contributed by atoms with van der Waals surface area (Å²) in [5, 5.41) is 1.37. The first-order chi connectivity index (χ1) is 17.0. The molecule has 0 atom stereocenters. The Bertz CT molecular complexity index is 1240. The second-order valence-corrected chi connectivity index (χ2v) is 10.8. The van der Waals surface area contributed by atoms with Gasteiger partial charge in [0, 0.05) is 29.7 Å². The second kappa shape index (κ2) is 10.9. The molecule has 1 heterocycles. The van der Waals surface area contributed by atoms with Crippen LogP contribution in [0.4, 0.5) is 4.39 Å². The summed E-state index contributed by atoms with van der Waals surface area (Å²) in [5.41, 5.74) is 10.4. The summed E-state index contributed by atoms with van der Waals surface area (Å²) in [6, 6.07) is 21.6. The molecule has 1 saturated heterocycles. The number of benzene rings is 3. The van der Waals surface area contributed by atoms with Gasteiger partial charge in [-0.15, -0.1) is 0 Å². The minimum atomic E-state index is -0.218. The predicted molar refractivity (Wildman–Crippen MR) is 147 cm³/mol. The summed E-state index contributed by atoms with van der Waals surface area (Å²) in [6.45, 7) is 5.06. The van der Waals surface area contributed by atoms with Gasteiger partial charge in [-0.05, 0) is 102 Å². The third-order valence-corrected chi connectivity index (χ3v) is 8.05. The summed E-state index contributed by atoms with van der Waals surface area (Å²) < 4.78 is 12.5. The van der Waals surface area contributed by atoms with Gasteiger partial charge in [0.1, 0.15) is 0 Å². The SMILES string of the molecule is Cc1cc(C2=C(c3ccc(Cl)cc3Cl)CCCc3ccccc32)ccc1CC1CN(CCCF)C1. The Kier molecular flexibility index (Phi) is 7.62. The Morgan fingerprint density at radius 3 is 2.54 bits per heavy atom. The average Bonchev–Trinajstić information content (AvgIpc) is 3.01. The first-order valence-electron chi connectivity index (χ1n) is 12.7. The van der Waals surface area contributed by atoms with E-state index in [1.54, 1.807) is 0 Å². The number of fused-ring (bicyclic) bond motifs is 1. The van der Waals surface area contributed by atoms with Gasteiger partial charge in [0.15, 0.2) is 0 Å². The van der Waals surface area contributed by atoms with Crippen molar-refractivity contribution < 1.29 is 4.39 Å². The van der Waals surface area contributed by atoms with Crippen molar-refractivity contribution in [2.75, 3.05) is 26.3 Å². The Balaban J connectivity index is 1.51. The number of alkyl halides is 1. The van der Waals surface area contributed by atoms with Crippen molar-refractivity contribution in [1.29, 1.82) is 0 Å². The van der Waals surface area contributed by atoms with E-state index in [1.807, 2.05) is 12.1 Å². The zero-order valence-corrected chi connectivity index (χ0v) is 21.8. The van der Waals surface area contributed by atoms with E-state index in [9.17, 15) is 4.39 Å². The summed E-state index contributed by atoms with van der Waals surface area (Å²) in [7, 11) is 0. The van der Waals surface area contributed by atoms with Crippen molar-refractivity contribution in [3.63, 3.8) is 0 Å². The van der Waals surface area contributed by atoms with Crippen LogP contribution in [0, 0.1) is 12.8 Å². The molecule has 3 aromatic carbocycles. The number of nitrogens with zero attached hydrogens (tertiary/aromatic N) is 1. The smallest absolute Gasteiger partial charge is 0.0906 e. The van der Waals surface area contributed by atoms with Crippen molar-refractivity contribution in [3.8, 4) is 0 Å². The second-order valence-electron chi connectivity index (χ2n) is 10.0. The molecular formula is C31H32Cl2FN. The quantitative estimate of drug-likeness (QED) is 0.310. The molecule has 1 aliphatic carbocycles. The Hall–Kier alpha value is -2.13. The molecule has 0 radical (unpaired) electrons. The lowest BCUT2D eigenvalue weighted by Gasteiger charge is -2.39. The van der Waals surface area contributed by atoms with Crippen LogP contribution >= 0.6 is 23.2 Å². The highest BCUT2D eigenvalue weighted by Gasteiger charge is 2.27. The molecule has 0 aromatic heterocycles. The molecule has 5 rings (SSSR count). The fourth-order valence-corrected chi connectivity index (χ4v) is 6.24. The van der Waals surface area contributed by atoms with Gasteiger partial charge in [-0.1, -0.05) is 71.7 Å². The maximum absolute atomic E-state index is 12.5. The standard InChI is InChI=1S/C31H32Cl2FN/c1-21-16-25(11-10-24(21)17-22-19-35(20-22)15-5-14-34)31-27-8-3-2-6-23(27)7-4-9-29(31)28-13-12-26(32)18-30(28)33/h2-3,6,8,10-13,16,18,22H,4-5,7,9,14-15,17,19-20H2,1H3. The fourth-order valence-electron chi connectivity index (χ4n) is 5.72. The van der Waals surface area contributed by atoms with Crippen LogP contribution in [-0.4, -0.2) is 31.2 Å². The van der Waals surface area contributed by atoms with E-state index in [0.717, 1.165) is 50.9 Å². The minimum Gasteiger partial charge on any atom is -0.303 e. The molecule has 1 aliphatic heterocycles. The molecule has 2 aliphatic rings. The van der Waals surface area contributed by atoms with Gasteiger partial charge in [0.05, 0.1) is 6.67 Å². The van der Waals surface area contributed by atoms with Crippen molar-refractivity contribution in [2.45, 2.75) is 39.0 Å². The molecular weight excluding hydrogens is 476 g/mol. The summed E-state index contributed by atoms with van der Waals surface area (Å²) in [6.07, 6.45) is 4.86. The highest BCUT2D eigenvalue weighted by molar-refractivity contribution is 6.36. The van der Waals surface area contributed by atoms with Crippen molar-refractivity contribution in [2.24, 2.45) is 5.92 Å². The maximum Gasteiger partial charge on any atom is 0.0906 e. The molecule has 0 unspecified atom stereocenters. The normalized spacial score (nSPS) is 16.7. The number of allylic oxidation sites excluding steroid dienone is 1.